The van der Waals surface area contributed by atoms with E-state index in [-0.39, 0.29) is 5.56 Å². The average molecular weight is 449 g/mol. The Morgan fingerprint density at radius 1 is 1.09 bits per heavy atom. The maximum Gasteiger partial charge on any atom is 0.340 e. The van der Waals surface area contributed by atoms with E-state index in [0.717, 1.165) is 16.6 Å². The van der Waals surface area contributed by atoms with Crippen LogP contribution in [0.3, 0.4) is 0 Å². The first-order valence-electron chi connectivity index (χ1n) is 9.96. The number of rotatable bonds is 5. The van der Waals surface area contributed by atoms with E-state index in [1.165, 1.54) is 6.20 Å². The second kappa shape index (κ2) is 8.80. The standard InChI is InChI=1S/C24H21ClN4O3/c1-14-9-10-18(12-20(14)25)27-23(30)21(16-7-5-4-6-8-16)32-24(31)17-11-19-15(2)28-29(3)22(19)26-13-17/h4-13,21H,1-3H3,(H,27,30). The largest absolute Gasteiger partial charge is 0.444 e. The number of benzene rings is 2. The second-order valence-corrected chi connectivity index (χ2v) is 7.86. The molecule has 2 aromatic heterocycles. The van der Waals surface area contributed by atoms with E-state index in [1.807, 2.05) is 19.9 Å². The molecule has 1 amide bonds. The van der Waals surface area contributed by atoms with Gasteiger partial charge in [0.15, 0.2) is 5.65 Å². The summed E-state index contributed by atoms with van der Waals surface area (Å²) in [5, 5.41) is 8.37. The van der Waals surface area contributed by atoms with Crippen molar-refractivity contribution < 1.29 is 14.3 Å². The van der Waals surface area contributed by atoms with E-state index < -0.39 is 18.0 Å². The lowest BCUT2D eigenvalue weighted by Gasteiger charge is -2.18. The van der Waals surface area contributed by atoms with Crippen molar-refractivity contribution in [3.05, 3.63) is 88.2 Å². The van der Waals surface area contributed by atoms with Crippen molar-refractivity contribution in [2.45, 2.75) is 20.0 Å². The summed E-state index contributed by atoms with van der Waals surface area (Å²) in [6.45, 7) is 3.71. The monoisotopic (exact) mass is 448 g/mol. The normalized spacial score (nSPS) is 11.9. The average Bonchev–Trinajstić information content (AvgIpc) is 3.08. The number of fused-ring (bicyclic) bond motifs is 1. The molecule has 8 heteroatoms. The molecule has 162 valence electrons. The zero-order valence-electron chi connectivity index (χ0n) is 17.8. The van der Waals surface area contributed by atoms with Crippen molar-refractivity contribution >= 4 is 40.2 Å². The number of pyridine rings is 1. The molecule has 1 N–H and O–H groups in total. The van der Waals surface area contributed by atoms with E-state index in [9.17, 15) is 9.59 Å². The van der Waals surface area contributed by atoms with Crippen molar-refractivity contribution in [2.24, 2.45) is 7.05 Å². The van der Waals surface area contributed by atoms with Crippen LogP contribution in [-0.2, 0) is 16.6 Å². The molecule has 0 spiro atoms. The van der Waals surface area contributed by atoms with E-state index in [4.69, 9.17) is 16.3 Å². The zero-order valence-corrected chi connectivity index (χ0v) is 18.6. The Bertz CT molecular complexity index is 1320. The number of halogens is 1. The van der Waals surface area contributed by atoms with Gasteiger partial charge in [0.05, 0.1) is 11.3 Å². The van der Waals surface area contributed by atoms with Crippen molar-refractivity contribution in [3.8, 4) is 0 Å². The van der Waals surface area contributed by atoms with E-state index in [0.29, 0.717) is 21.9 Å². The van der Waals surface area contributed by atoms with Crippen LogP contribution >= 0.6 is 11.6 Å². The number of nitrogens with zero attached hydrogens (tertiary/aromatic N) is 3. The minimum Gasteiger partial charge on any atom is -0.444 e. The molecule has 32 heavy (non-hydrogen) atoms. The first-order valence-corrected chi connectivity index (χ1v) is 10.3. The van der Waals surface area contributed by atoms with Gasteiger partial charge in [0.2, 0.25) is 6.10 Å². The van der Waals surface area contributed by atoms with Gasteiger partial charge in [-0.15, -0.1) is 0 Å². The number of hydrogen-bond donors (Lipinski definition) is 1. The van der Waals surface area contributed by atoms with Gasteiger partial charge in [0, 0.05) is 34.9 Å². The van der Waals surface area contributed by atoms with Crippen molar-refractivity contribution in [3.63, 3.8) is 0 Å². The molecule has 0 bridgehead atoms. The van der Waals surface area contributed by atoms with Crippen LogP contribution in [0, 0.1) is 13.8 Å². The minimum atomic E-state index is -1.16. The quantitative estimate of drug-likeness (QED) is 0.444. The van der Waals surface area contributed by atoms with Crippen LogP contribution in [0.1, 0.15) is 33.3 Å². The van der Waals surface area contributed by atoms with Gasteiger partial charge in [-0.25, -0.2) is 9.78 Å². The maximum absolute atomic E-state index is 13.1. The highest BCUT2D eigenvalue weighted by molar-refractivity contribution is 6.31. The van der Waals surface area contributed by atoms with Crippen LogP contribution in [0.5, 0.6) is 0 Å². The Hall–Kier alpha value is -3.71. The van der Waals surface area contributed by atoms with E-state index >= 15 is 0 Å². The molecule has 0 fully saturated rings. The summed E-state index contributed by atoms with van der Waals surface area (Å²) >= 11 is 6.17. The summed E-state index contributed by atoms with van der Waals surface area (Å²) in [6.07, 6.45) is 0.264. The molecule has 0 saturated carbocycles. The highest BCUT2D eigenvalue weighted by Crippen LogP contribution is 2.25. The smallest absolute Gasteiger partial charge is 0.340 e. The third kappa shape index (κ3) is 4.33. The predicted molar refractivity (Wildman–Crippen MR) is 123 cm³/mol. The summed E-state index contributed by atoms with van der Waals surface area (Å²) in [4.78, 5) is 30.4. The number of hydrogen-bond acceptors (Lipinski definition) is 5. The first-order chi connectivity index (χ1) is 15.3. The molecule has 0 aliphatic heterocycles. The SMILES string of the molecule is Cc1ccc(NC(=O)C(OC(=O)c2cnc3c(c2)c(C)nn3C)c2ccccc2)cc1Cl. The number of carbonyl (C=O) groups is 2. The van der Waals surface area contributed by atoms with Crippen LogP contribution in [0.4, 0.5) is 5.69 Å². The molecule has 1 atom stereocenters. The first kappa shape index (κ1) is 21.5. The molecular formula is C24H21ClN4O3. The van der Waals surface area contributed by atoms with Gasteiger partial charge < -0.3 is 10.1 Å². The van der Waals surface area contributed by atoms with Crippen LogP contribution in [0.25, 0.3) is 11.0 Å². The third-order valence-corrected chi connectivity index (χ3v) is 5.51. The van der Waals surface area contributed by atoms with Crippen LogP contribution in [0.2, 0.25) is 5.02 Å². The van der Waals surface area contributed by atoms with Gasteiger partial charge in [-0.3, -0.25) is 9.48 Å². The number of aryl methyl sites for hydroxylation is 3. The van der Waals surface area contributed by atoms with Crippen LogP contribution in [0.15, 0.2) is 60.8 Å². The molecule has 0 aliphatic rings. The Labute approximate surface area is 190 Å². The molecule has 7 nitrogen and oxygen atoms in total. The lowest BCUT2D eigenvalue weighted by Crippen LogP contribution is -2.26. The number of esters is 1. The van der Waals surface area contributed by atoms with Gasteiger partial charge >= 0.3 is 5.97 Å². The van der Waals surface area contributed by atoms with Crippen LogP contribution < -0.4 is 5.32 Å². The molecule has 0 saturated heterocycles. The van der Waals surface area contributed by atoms with E-state index in [2.05, 4.69) is 15.4 Å². The Morgan fingerprint density at radius 2 is 1.84 bits per heavy atom. The fraction of sp³-hybridized carbons (Fsp3) is 0.167. The van der Waals surface area contributed by atoms with Gasteiger partial charge in [0.25, 0.3) is 5.91 Å². The number of aromatic nitrogens is 3. The Balaban J connectivity index is 1.62. The lowest BCUT2D eigenvalue weighted by molar-refractivity contribution is -0.125. The topological polar surface area (TPSA) is 86.1 Å². The molecule has 2 aromatic carbocycles. The molecule has 4 rings (SSSR count). The number of ether oxygens (including phenoxy) is 1. The van der Waals surface area contributed by atoms with Crippen molar-refractivity contribution in [1.29, 1.82) is 0 Å². The van der Waals surface area contributed by atoms with Gasteiger partial charge in [-0.1, -0.05) is 48.0 Å². The second-order valence-electron chi connectivity index (χ2n) is 7.45. The van der Waals surface area contributed by atoms with Crippen molar-refractivity contribution in [2.75, 3.05) is 5.32 Å². The Morgan fingerprint density at radius 3 is 2.56 bits per heavy atom. The molecule has 0 radical (unpaired) electrons. The van der Waals surface area contributed by atoms with Crippen molar-refractivity contribution in [1.82, 2.24) is 14.8 Å². The summed E-state index contributed by atoms with van der Waals surface area (Å²) in [5.41, 5.74) is 3.59. The number of carbonyl (C=O) groups excluding carboxylic acids is 2. The predicted octanol–water partition coefficient (Wildman–Crippen LogP) is 4.78. The molecule has 1 unspecified atom stereocenters. The lowest BCUT2D eigenvalue weighted by atomic mass is 10.1. The fourth-order valence-electron chi connectivity index (χ4n) is 3.37. The number of nitrogens with one attached hydrogen (secondary N) is 1. The minimum absolute atomic E-state index is 0.237. The third-order valence-electron chi connectivity index (χ3n) is 5.10. The highest BCUT2D eigenvalue weighted by Gasteiger charge is 2.26. The number of anilines is 1. The van der Waals surface area contributed by atoms with E-state index in [1.54, 1.807) is 60.3 Å². The molecule has 2 heterocycles. The summed E-state index contributed by atoms with van der Waals surface area (Å²) in [5.74, 6) is -1.15. The molecular weight excluding hydrogens is 428 g/mol. The summed E-state index contributed by atoms with van der Waals surface area (Å²) in [7, 11) is 1.79. The van der Waals surface area contributed by atoms with Gasteiger partial charge in [0.1, 0.15) is 0 Å². The summed E-state index contributed by atoms with van der Waals surface area (Å²) in [6, 6.07) is 15.7. The summed E-state index contributed by atoms with van der Waals surface area (Å²) < 4.78 is 7.30. The molecule has 4 aromatic rings. The fourth-order valence-corrected chi connectivity index (χ4v) is 3.55. The van der Waals surface area contributed by atoms with Gasteiger partial charge in [-0.05, 0) is 37.6 Å². The van der Waals surface area contributed by atoms with Crippen LogP contribution in [-0.4, -0.2) is 26.6 Å². The zero-order chi connectivity index (χ0) is 22.8. The maximum atomic E-state index is 13.1. The highest BCUT2D eigenvalue weighted by atomic mass is 35.5. The molecule has 0 aliphatic carbocycles. The number of amides is 1. The van der Waals surface area contributed by atoms with Gasteiger partial charge in [-0.2, -0.15) is 5.10 Å². The Kier molecular flexibility index (Phi) is 5.92.